The largest absolute Gasteiger partial charge is 0.301 e. The number of aryl methyl sites for hydroxylation is 1. The van der Waals surface area contributed by atoms with Crippen molar-refractivity contribution in [1.29, 1.82) is 0 Å². The minimum absolute atomic E-state index is 0.739. The van der Waals surface area contributed by atoms with Gasteiger partial charge in [0.25, 0.3) is 0 Å². The fourth-order valence-electron chi connectivity index (χ4n) is 1.83. The van der Waals surface area contributed by atoms with Gasteiger partial charge in [-0.1, -0.05) is 15.9 Å². The van der Waals surface area contributed by atoms with Crippen LogP contribution in [0.1, 0.15) is 5.01 Å². The van der Waals surface area contributed by atoms with E-state index in [9.17, 15) is 4.21 Å². The highest BCUT2D eigenvalue weighted by Crippen LogP contribution is 2.25. The predicted octanol–water partition coefficient (Wildman–Crippen LogP) is 4.50. The number of rotatable bonds is 3. The fraction of sp³-hybridized carbons (Fsp3) is 0.0714. The van der Waals surface area contributed by atoms with E-state index in [1.807, 2.05) is 49.4 Å². The number of thiazole rings is 1. The Bertz CT molecular complexity index is 783. The van der Waals surface area contributed by atoms with Crippen molar-refractivity contribution in [2.75, 3.05) is 4.72 Å². The summed E-state index contributed by atoms with van der Waals surface area (Å²) in [5, 5.41) is 1.03. The minimum atomic E-state index is -1.27. The van der Waals surface area contributed by atoms with Gasteiger partial charge in [0.15, 0.2) is 0 Å². The fourth-order valence-corrected chi connectivity index (χ4v) is 3.74. The SMILES string of the molecule is Cc1nc2cc(NS(=O)c3ccc(Br)cc3)ccc2s1. The maximum absolute atomic E-state index is 12.2. The van der Waals surface area contributed by atoms with Gasteiger partial charge in [0.05, 0.1) is 20.1 Å². The number of benzene rings is 2. The molecule has 3 aromatic rings. The Balaban J connectivity index is 1.84. The molecular weight excluding hydrogens is 356 g/mol. The summed E-state index contributed by atoms with van der Waals surface area (Å²) in [7, 11) is -1.27. The van der Waals surface area contributed by atoms with Crippen molar-refractivity contribution in [1.82, 2.24) is 4.98 Å². The van der Waals surface area contributed by atoms with Gasteiger partial charge in [-0.05, 0) is 49.4 Å². The van der Waals surface area contributed by atoms with Crippen LogP contribution in [-0.2, 0) is 11.0 Å². The van der Waals surface area contributed by atoms with Gasteiger partial charge in [-0.2, -0.15) is 0 Å². The van der Waals surface area contributed by atoms with Crippen LogP contribution in [-0.4, -0.2) is 9.19 Å². The van der Waals surface area contributed by atoms with Gasteiger partial charge in [0.1, 0.15) is 11.0 Å². The lowest BCUT2D eigenvalue weighted by Gasteiger charge is -2.06. The number of aromatic nitrogens is 1. The molecule has 0 radical (unpaired) electrons. The summed E-state index contributed by atoms with van der Waals surface area (Å²) in [5.74, 6) is 0. The molecule has 1 N–H and O–H groups in total. The zero-order valence-electron chi connectivity index (χ0n) is 10.6. The Labute approximate surface area is 131 Å². The molecule has 0 saturated carbocycles. The predicted molar refractivity (Wildman–Crippen MR) is 88.5 cm³/mol. The smallest absolute Gasteiger partial charge is 0.150 e. The highest BCUT2D eigenvalue weighted by Gasteiger charge is 2.06. The Hall–Kier alpha value is -1.24. The summed E-state index contributed by atoms with van der Waals surface area (Å²) in [6.07, 6.45) is 0. The van der Waals surface area contributed by atoms with Gasteiger partial charge in [-0.3, -0.25) is 0 Å². The summed E-state index contributed by atoms with van der Waals surface area (Å²) in [6.45, 7) is 1.98. The maximum atomic E-state index is 12.2. The van der Waals surface area contributed by atoms with Crippen molar-refractivity contribution in [2.45, 2.75) is 11.8 Å². The topological polar surface area (TPSA) is 42.0 Å². The molecule has 0 fully saturated rings. The van der Waals surface area contributed by atoms with Crippen LogP contribution in [0.15, 0.2) is 51.8 Å². The van der Waals surface area contributed by atoms with E-state index < -0.39 is 11.0 Å². The monoisotopic (exact) mass is 366 g/mol. The number of fused-ring (bicyclic) bond motifs is 1. The summed E-state index contributed by atoms with van der Waals surface area (Å²) < 4.78 is 17.3. The zero-order chi connectivity index (χ0) is 14.1. The standard InChI is InChI=1S/C14H11BrN2OS2/c1-9-16-13-8-11(4-7-14(13)19-9)17-20(18)12-5-2-10(15)3-6-12/h2-8,17H,1H3. The third-order valence-electron chi connectivity index (χ3n) is 2.73. The zero-order valence-corrected chi connectivity index (χ0v) is 13.8. The first-order valence-electron chi connectivity index (χ1n) is 5.93. The first-order valence-corrected chi connectivity index (χ1v) is 8.69. The molecule has 0 saturated heterocycles. The Morgan fingerprint density at radius 1 is 1.20 bits per heavy atom. The van der Waals surface area contributed by atoms with Gasteiger partial charge >= 0.3 is 0 Å². The first-order chi connectivity index (χ1) is 9.61. The molecule has 1 heterocycles. The third kappa shape index (κ3) is 2.92. The average Bonchev–Trinajstić information content (AvgIpc) is 2.78. The van der Waals surface area contributed by atoms with Crippen LogP contribution in [0.3, 0.4) is 0 Å². The van der Waals surface area contributed by atoms with Crippen LogP contribution >= 0.6 is 27.3 Å². The van der Waals surface area contributed by atoms with E-state index in [0.717, 1.165) is 30.3 Å². The van der Waals surface area contributed by atoms with Crippen molar-refractivity contribution in [3.8, 4) is 0 Å². The summed E-state index contributed by atoms with van der Waals surface area (Å²) in [6, 6.07) is 13.3. The van der Waals surface area contributed by atoms with Gasteiger partial charge < -0.3 is 4.72 Å². The number of anilines is 1. The summed E-state index contributed by atoms with van der Waals surface area (Å²) >= 11 is 5.02. The number of nitrogens with zero attached hydrogens (tertiary/aromatic N) is 1. The molecule has 0 spiro atoms. The molecule has 0 bridgehead atoms. The number of nitrogens with one attached hydrogen (secondary N) is 1. The Kier molecular flexibility index (Phi) is 3.87. The van der Waals surface area contributed by atoms with Gasteiger partial charge in [-0.25, -0.2) is 9.19 Å². The molecule has 102 valence electrons. The van der Waals surface area contributed by atoms with E-state index in [0.29, 0.717) is 0 Å². The van der Waals surface area contributed by atoms with Crippen LogP contribution in [0.25, 0.3) is 10.2 Å². The van der Waals surface area contributed by atoms with E-state index in [2.05, 4.69) is 25.6 Å². The molecule has 2 aromatic carbocycles. The molecular formula is C14H11BrN2OS2. The number of hydrogen-bond acceptors (Lipinski definition) is 3. The lowest BCUT2D eigenvalue weighted by molar-refractivity contribution is 0.686. The number of hydrogen-bond donors (Lipinski definition) is 1. The molecule has 3 rings (SSSR count). The second-order valence-electron chi connectivity index (χ2n) is 4.24. The maximum Gasteiger partial charge on any atom is 0.150 e. The molecule has 1 atom stereocenters. The van der Waals surface area contributed by atoms with Crippen LogP contribution in [0.4, 0.5) is 5.69 Å². The molecule has 6 heteroatoms. The van der Waals surface area contributed by atoms with E-state index in [1.165, 1.54) is 0 Å². The van der Waals surface area contributed by atoms with Gasteiger partial charge in [0, 0.05) is 10.2 Å². The van der Waals surface area contributed by atoms with E-state index in [4.69, 9.17) is 0 Å². The normalized spacial score (nSPS) is 12.5. The van der Waals surface area contributed by atoms with Crippen LogP contribution in [0.2, 0.25) is 0 Å². The lowest BCUT2D eigenvalue weighted by Crippen LogP contribution is -2.04. The van der Waals surface area contributed by atoms with Crippen molar-refractivity contribution < 1.29 is 4.21 Å². The Morgan fingerprint density at radius 2 is 1.95 bits per heavy atom. The van der Waals surface area contributed by atoms with Crippen molar-refractivity contribution in [2.24, 2.45) is 0 Å². The second kappa shape index (κ2) is 5.63. The molecule has 3 nitrogen and oxygen atoms in total. The highest BCUT2D eigenvalue weighted by molar-refractivity contribution is 9.10. The van der Waals surface area contributed by atoms with Crippen molar-refractivity contribution >= 4 is 54.2 Å². The van der Waals surface area contributed by atoms with Crippen LogP contribution < -0.4 is 4.72 Å². The van der Waals surface area contributed by atoms with Crippen LogP contribution in [0.5, 0.6) is 0 Å². The van der Waals surface area contributed by atoms with E-state index in [-0.39, 0.29) is 0 Å². The molecule has 20 heavy (non-hydrogen) atoms. The molecule has 0 aliphatic carbocycles. The van der Waals surface area contributed by atoms with Gasteiger partial charge in [-0.15, -0.1) is 11.3 Å². The molecule has 0 aliphatic rings. The highest BCUT2D eigenvalue weighted by atomic mass is 79.9. The van der Waals surface area contributed by atoms with Gasteiger partial charge in [0.2, 0.25) is 0 Å². The molecule has 0 aliphatic heterocycles. The Morgan fingerprint density at radius 3 is 2.70 bits per heavy atom. The van der Waals surface area contributed by atoms with E-state index >= 15 is 0 Å². The second-order valence-corrected chi connectivity index (χ2v) is 7.60. The number of halogens is 1. The van der Waals surface area contributed by atoms with Crippen molar-refractivity contribution in [3.05, 3.63) is 51.9 Å². The minimum Gasteiger partial charge on any atom is -0.301 e. The van der Waals surface area contributed by atoms with E-state index in [1.54, 1.807) is 11.3 Å². The summed E-state index contributed by atoms with van der Waals surface area (Å²) in [5.41, 5.74) is 1.74. The average molecular weight is 367 g/mol. The van der Waals surface area contributed by atoms with Crippen molar-refractivity contribution in [3.63, 3.8) is 0 Å². The summed E-state index contributed by atoms with van der Waals surface area (Å²) in [4.78, 5) is 5.18. The third-order valence-corrected chi connectivity index (χ3v) is 5.33. The molecule has 0 amide bonds. The quantitative estimate of drug-likeness (QED) is 0.741. The van der Waals surface area contributed by atoms with Crippen LogP contribution in [0, 0.1) is 6.92 Å². The first kappa shape index (κ1) is 13.7. The lowest BCUT2D eigenvalue weighted by atomic mass is 10.3. The molecule has 1 aromatic heterocycles. The molecule has 1 unspecified atom stereocenters.